The van der Waals surface area contributed by atoms with E-state index in [-0.39, 0.29) is 0 Å². The van der Waals surface area contributed by atoms with Gasteiger partial charge in [-0.05, 0) is 55.8 Å². The first-order valence-corrected chi connectivity index (χ1v) is 9.74. The summed E-state index contributed by atoms with van der Waals surface area (Å²) in [7, 11) is 0. The topological polar surface area (TPSA) is 72.3 Å². The van der Waals surface area contributed by atoms with E-state index in [1.807, 2.05) is 56.7 Å². The third kappa shape index (κ3) is 3.28. The summed E-state index contributed by atoms with van der Waals surface area (Å²) in [5, 5.41) is 7.42. The molecule has 0 spiro atoms. The molecular weight excluding hydrogens is 372 g/mol. The van der Waals surface area contributed by atoms with Crippen LogP contribution in [0.5, 0.6) is 0 Å². The number of aryl methyl sites for hydroxylation is 2. The molecule has 0 saturated carbocycles. The van der Waals surface area contributed by atoms with Crippen molar-refractivity contribution in [1.82, 2.24) is 29.7 Å². The molecule has 0 atom stereocenters. The Morgan fingerprint density at radius 1 is 0.833 bits per heavy atom. The largest absolute Gasteiger partial charge is 0.304 e. The number of hydrogen-bond donors (Lipinski definition) is 1. The summed E-state index contributed by atoms with van der Waals surface area (Å²) in [5.74, 6) is 0.958. The van der Waals surface area contributed by atoms with Crippen molar-refractivity contribution in [2.24, 2.45) is 0 Å². The lowest BCUT2D eigenvalue weighted by atomic mass is 10.0. The number of benzene rings is 1. The molecule has 1 N–H and O–H groups in total. The minimum Gasteiger partial charge on any atom is -0.304 e. The Hall–Kier alpha value is -4.06. The van der Waals surface area contributed by atoms with Gasteiger partial charge >= 0.3 is 0 Å². The molecule has 146 valence electrons. The second-order valence-electron chi connectivity index (χ2n) is 7.13. The van der Waals surface area contributed by atoms with Gasteiger partial charge in [-0.1, -0.05) is 18.2 Å². The first-order valence-electron chi connectivity index (χ1n) is 9.74. The van der Waals surface area contributed by atoms with E-state index in [4.69, 9.17) is 0 Å². The summed E-state index contributed by atoms with van der Waals surface area (Å²) in [6.45, 7) is 3.97. The van der Waals surface area contributed by atoms with Crippen molar-refractivity contribution in [1.29, 1.82) is 0 Å². The van der Waals surface area contributed by atoms with E-state index >= 15 is 0 Å². The van der Waals surface area contributed by atoms with Gasteiger partial charge in [0.15, 0.2) is 0 Å². The summed E-state index contributed by atoms with van der Waals surface area (Å²) in [5.41, 5.74) is 7.73. The molecular formula is C24H20N6. The average molecular weight is 392 g/mol. The predicted octanol–water partition coefficient (Wildman–Crippen LogP) is 5.00. The monoisotopic (exact) mass is 392 g/mol. The zero-order chi connectivity index (χ0) is 20.5. The number of nitrogens with one attached hydrogen (secondary N) is 1. The number of aromatic amines is 1. The van der Waals surface area contributed by atoms with Crippen LogP contribution in [0, 0.1) is 13.8 Å². The second-order valence-corrected chi connectivity index (χ2v) is 7.13. The molecule has 30 heavy (non-hydrogen) atoms. The van der Waals surface area contributed by atoms with E-state index in [1.165, 1.54) is 0 Å². The van der Waals surface area contributed by atoms with Crippen molar-refractivity contribution in [3.63, 3.8) is 0 Å². The fourth-order valence-electron chi connectivity index (χ4n) is 3.58. The van der Waals surface area contributed by atoms with Gasteiger partial charge in [0, 0.05) is 47.3 Å². The molecule has 0 amide bonds. The van der Waals surface area contributed by atoms with Crippen LogP contribution in [0.15, 0.2) is 79.4 Å². The molecule has 4 aromatic heterocycles. The van der Waals surface area contributed by atoms with E-state index in [0.29, 0.717) is 0 Å². The Kier molecular flexibility index (Phi) is 4.44. The average Bonchev–Trinajstić information content (AvgIpc) is 3.43. The first kappa shape index (κ1) is 18.0. The van der Waals surface area contributed by atoms with E-state index in [0.717, 1.165) is 51.0 Å². The van der Waals surface area contributed by atoms with Crippen molar-refractivity contribution >= 4 is 0 Å². The minimum absolute atomic E-state index is 0.835. The molecule has 6 heteroatoms. The van der Waals surface area contributed by atoms with Crippen molar-refractivity contribution in [3.05, 3.63) is 90.9 Å². The van der Waals surface area contributed by atoms with Gasteiger partial charge in [0.2, 0.25) is 0 Å². The molecule has 4 heterocycles. The lowest BCUT2D eigenvalue weighted by Gasteiger charge is -2.08. The number of nitrogens with zero attached hydrogens (tertiary/aromatic N) is 5. The van der Waals surface area contributed by atoms with Crippen molar-refractivity contribution in [2.75, 3.05) is 0 Å². The molecule has 0 bridgehead atoms. The highest BCUT2D eigenvalue weighted by atomic mass is 15.1. The molecule has 1 aromatic carbocycles. The lowest BCUT2D eigenvalue weighted by Crippen LogP contribution is -1.95. The van der Waals surface area contributed by atoms with Gasteiger partial charge < -0.3 is 4.57 Å². The standard InChI is InChI=1S/C24H20N6/c1-16-4-3-5-22(28-16)24-21(15-27-29-24)19-10-11-26-23(14-19)18-6-8-20(9-7-18)30-13-12-25-17(30)2/h3-15H,1-2H3,(H,27,29). The van der Waals surface area contributed by atoms with E-state index < -0.39 is 0 Å². The molecule has 5 rings (SSSR count). The van der Waals surface area contributed by atoms with Gasteiger partial charge in [-0.25, -0.2) is 4.98 Å². The van der Waals surface area contributed by atoms with Gasteiger partial charge in [-0.15, -0.1) is 0 Å². The van der Waals surface area contributed by atoms with Crippen molar-refractivity contribution < 1.29 is 0 Å². The zero-order valence-electron chi connectivity index (χ0n) is 16.7. The fourth-order valence-corrected chi connectivity index (χ4v) is 3.58. The molecule has 0 aliphatic carbocycles. The van der Waals surface area contributed by atoms with Crippen LogP contribution in [-0.4, -0.2) is 29.7 Å². The van der Waals surface area contributed by atoms with E-state index in [1.54, 1.807) is 6.20 Å². The third-order valence-corrected chi connectivity index (χ3v) is 5.11. The molecule has 0 radical (unpaired) electrons. The summed E-state index contributed by atoms with van der Waals surface area (Å²) in [4.78, 5) is 13.5. The maximum atomic E-state index is 4.62. The summed E-state index contributed by atoms with van der Waals surface area (Å²) in [6.07, 6.45) is 7.51. The lowest BCUT2D eigenvalue weighted by molar-refractivity contribution is 0.975. The van der Waals surface area contributed by atoms with Crippen molar-refractivity contribution in [3.8, 4) is 39.5 Å². The SMILES string of the molecule is Cc1cccc(-c2n[nH]cc2-c2ccnc(-c3ccc(-n4ccnc4C)cc3)c2)n1. The molecule has 0 fully saturated rings. The first-order chi connectivity index (χ1) is 14.7. The Bertz CT molecular complexity index is 1310. The van der Waals surface area contributed by atoms with E-state index in [2.05, 4.69) is 60.0 Å². The Labute approximate surface area is 174 Å². The van der Waals surface area contributed by atoms with Crippen LogP contribution in [0.3, 0.4) is 0 Å². The second kappa shape index (κ2) is 7.40. The Balaban J connectivity index is 1.50. The third-order valence-electron chi connectivity index (χ3n) is 5.11. The van der Waals surface area contributed by atoms with Gasteiger partial charge in [-0.3, -0.25) is 15.1 Å². The smallest absolute Gasteiger partial charge is 0.118 e. The quantitative estimate of drug-likeness (QED) is 0.467. The molecule has 5 aromatic rings. The number of H-pyrrole nitrogens is 1. The van der Waals surface area contributed by atoms with Gasteiger partial charge in [0.05, 0.1) is 11.4 Å². The highest BCUT2D eigenvalue weighted by Gasteiger charge is 2.13. The number of pyridine rings is 2. The molecule has 0 unspecified atom stereocenters. The van der Waals surface area contributed by atoms with Gasteiger partial charge in [0.25, 0.3) is 0 Å². The highest BCUT2D eigenvalue weighted by molar-refractivity contribution is 5.80. The highest BCUT2D eigenvalue weighted by Crippen LogP contribution is 2.31. The molecule has 0 aliphatic heterocycles. The minimum atomic E-state index is 0.835. The normalized spacial score (nSPS) is 11.0. The van der Waals surface area contributed by atoms with Crippen LogP contribution in [0.25, 0.3) is 39.5 Å². The fraction of sp³-hybridized carbons (Fsp3) is 0.0833. The zero-order valence-corrected chi connectivity index (χ0v) is 16.7. The maximum Gasteiger partial charge on any atom is 0.118 e. The Morgan fingerprint density at radius 3 is 2.47 bits per heavy atom. The summed E-state index contributed by atoms with van der Waals surface area (Å²) >= 11 is 0. The van der Waals surface area contributed by atoms with Crippen LogP contribution in [0.2, 0.25) is 0 Å². The number of imidazole rings is 1. The summed E-state index contributed by atoms with van der Waals surface area (Å²) in [6, 6.07) is 18.4. The van der Waals surface area contributed by atoms with Crippen LogP contribution >= 0.6 is 0 Å². The van der Waals surface area contributed by atoms with Crippen LogP contribution in [-0.2, 0) is 0 Å². The van der Waals surface area contributed by atoms with Crippen LogP contribution in [0.1, 0.15) is 11.5 Å². The maximum absolute atomic E-state index is 4.62. The van der Waals surface area contributed by atoms with E-state index in [9.17, 15) is 0 Å². The molecule has 0 aliphatic rings. The van der Waals surface area contributed by atoms with Gasteiger partial charge in [-0.2, -0.15) is 5.10 Å². The Morgan fingerprint density at radius 2 is 1.70 bits per heavy atom. The van der Waals surface area contributed by atoms with Crippen LogP contribution < -0.4 is 0 Å². The van der Waals surface area contributed by atoms with Crippen molar-refractivity contribution in [2.45, 2.75) is 13.8 Å². The number of aromatic nitrogens is 6. The number of rotatable bonds is 4. The van der Waals surface area contributed by atoms with Gasteiger partial charge in [0.1, 0.15) is 11.5 Å². The molecule has 0 saturated heterocycles. The molecule has 6 nitrogen and oxygen atoms in total. The van der Waals surface area contributed by atoms with Crippen LogP contribution in [0.4, 0.5) is 0 Å². The summed E-state index contributed by atoms with van der Waals surface area (Å²) < 4.78 is 2.06. The predicted molar refractivity (Wildman–Crippen MR) is 117 cm³/mol. The number of hydrogen-bond acceptors (Lipinski definition) is 4.